The number of benzene rings is 1. The maximum absolute atomic E-state index is 11.9. The lowest BCUT2D eigenvalue weighted by Crippen LogP contribution is -2.24. The van der Waals surface area contributed by atoms with Crippen LogP contribution in [0, 0.1) is 10.1 Å². The maximum atomic E-state index is 11.9. The van der Waals surface area contributed by atoms with Crippen LogP contribution in [0.25, 0.3) is 0 Å². The molecule has 2 aromatic rings. The molecular weight excluding hydrogens is 307 g/mol. The summed E-state index contributed by atoms with van der Waals surface area (Å²) in [4.78, 5) is 26.0. The number of anilines is 1. The second kappa shape index (κ2) is 5.48. The predicted molar refractivity (Wildman–Crippen MR) is 75.1 cm³/mol. The van der Waals surface area contributed by atoms with Gasteiger partial charge >= 0.3 is 0 Å². The van der Waals surface area contributed by atoms with Gasteiger partial charge in [0.25, 0.3) is 11.2 Å². The van der Waals surface area contributed by atoms with Crippen molar-refractivity contribution in [3.05, 3.63) is 60.7 Å². The van der Waals surface area contributed by atoms with Gasteiger partial charge in [-0.05, 0) is 12.1 Å². The van der Waals surface area contributed by atoms with Gasteiger partial charge in [0.1, 0.15) is 5.69 Å². The quantitative estimate of drug-likeness (QED) is 0.530. The van der Waals surface area contributed by atoms with E-state index in [2.05, 4.69) is 4.98 Å². The molecule has 0 aliphatic heterocycles. The third-order valence-corrected chi connectivity index (χ3v) is 3.15. The first kappa shape index (κ1) is 14.3. The largest absolute Gasteiger partial charge is 0.392 e. The molecule has 0 unspecified atom stereocenters. The van der Waals surface area contributed by atoms with Gasteiger partial charge < -0.3 is 5.73 Å². The molecule has 0 radical (unpaired) electrons. The Bertz CT molecular complexity index is 745. The van der Waals surface area contributed by atoms with Gasteiger partial charge in [-0.25, -0.2) is 4.98 Å². The van der Waals surface area contributed by atoms with E-state index in [0.717, 1.165) is 4.57 Å². The molecule has 0 saturated carbocycles. The molecule has 2 rings (SSSR count). The van der Waals surface area contributed by atoms with Crippen LogP contribution in [0.2, 0.25) is 10.2 Å². The fourth-order valence-corrected chi connectivity index (χ4v) is 1.91. The van der Waals surface area contributed by atoms with Crippen LogP contribution in [0.5, 0.6) is 0 Å². The van der Waals surface area contributed by atoms with E-state index >= 15 is 0 Å². The Labute approximate surface area is 122 Å². The Hall–Kier alpha value is -2.12. The molecule has 0 spiro atoms. The molecule has 20 heavy (non-hydrogen) atoms. The van der Waals surface area contributed by atoms with Gasteiger partial charge in [-0.2, -0.15) is 0 Å². The van der Waals surface area contributed by atoms with Gasteiger partial charge in [0.15, 0.2) is 5.15 Å². The fraction of sp³-hybridized carbons (Fsp3) is 0.0909. The normalized spacial score (nSPS) is 10.5. The molecule has 1 aromatic heterocycles. The standard InChI is InChI=1S/C11H8Cl2N4O3/c12-7-2-1-6(8(3-7)17(19)20)4-16-5-15-10(13)9(14)11(16)18/h1-3,5H,4,14H2. The molecule has 0 fully saturated rings. The van der Waals surface area contributed by atoms with Crippen molar-refractivity contribution in [2.45, 2.75) is 6.54 Å². The molecule has 1 heterocycles. The molecule has 7 nitrogen and oxygen atoms in total. The molecule has 2 N–H and O–H groups in total. The van der Waals surface area contributed by atoms with Gasteiger partial charge in [0.05, 0.1) is 17.8 Å². The summed E-state index contributed by atoms with van der Waals surface area (Å²) in [5, 5.41) is 11.1. The summed E-state index contributed by atoms with van der Waals surface area (Å²) in [5.74, 6) is 0. The first-order valence-corrected chi connectivity index (χ1v) is 6.09. The van der Waals surface area contributed by atoms with Crippen LogP contribution in [0.4, 0.5) is 11.4 Å². The number of hydrogen-bond acceptors (Lipinski definition) is 5. The van der Waals surface area contributed by atoms with Gasteiger partial charge in [0.2, 0.25) is 0 Å². The SMILES string of the molecule is Nc1c(Cl)ncn(Cc2ccc(Cl)cc2[N+](=O)[O-])c1=O. The van der Waals surface area contributed by atoms with E-state index in [4.69, 9.17) is 28.9 Å². The number of halogens is 2. The molecule has 0 atom stereocenters. The van der Waals surface area contributed by atoms with Crippen LogP contribution in [0.3, 0.4) is 0 Å². The maximum Gasteiger partial charge on any atom is 0.278 e. The predicted octanol–water partition coefficient (Wildman–Crippen LogP) is 2.09. The summed E-state index contributed by atoms with van der Waals surface area (Å²) >= 11 is 11.3. The second-order valence-corrected chi connectivity index (χ2v) is 4.71. The lowest BCUT2D eigenvalue weighted by molar-refractivity contribution is -0.385. The van der Waals surface area contributed by atoms with Crippen LogP contribution in [0.1, 0.15) is 5.56 Å². The molecule has 1 aromatic carbocycles. The number of nitrogens with two attached hydrogens (primary N) is 1. The lowest BCUT2D eigenvalue weighted by Gasteiger charge is -2.07. The van der Waals surface area contributed by atoms with E-state index in [1.54, 1.807) is 0 Å². The van der Waals surface area contributed by atoms with Crippen LogP contribution in [-0.4, -0.2) is 14.5 Å². The van der Waals surface area contributed by atoms with E-state index in [1.165, 1.54) is 24.5 Å². The number of hydrogen-bond donors (Lipinski definition) is 1. The van der Waals surface area contributed by atoms with Gasteiger partial charge in [-0.1, -0.05) is 23.2 Å². The van der Waals surface area contributed by atoms with Crippen molar-refractivity contribution in [2.24, 2.45) is 0 Å². The number of aromatic nitrogens is 2. The minimum atomic E-state index is -0.570. The molecule has 9 heteroatoms. The zero-order valence-electron chi connectivity index (χ0n) is 9.92. The summed E-state index contributed by atoms with van der Waals surface area (Å²) < 4.78 is 1.14. The summed E-state index contributed by atoms with van der Waals surface area (Å²) in [5.41, 5.74) is 4.84. The Balaban J connectivity index is 2.48. The summed E-state index contributed by atoms with van der Waals surface area (Å²) in [6.45, 7) is -0.0549. The topological polar surface area (TPSA) is 104 Å². The van der Waals surface area contributed by atoms with Crippen LogP contribution < -0.4 is 11.3 Å². The number of rotatable bonds is 3. The van der Waals surface area contributed by atoms with Crippen LogP contribution in [-0.2, 0) is 6.54 Å². The van der Waals surface area contributed by atoms with E-state index in [9.17, 15) is 14.9 Å². The molecular formula is C11H8Cl2N4O3. The summed E-state index contributed by atoms with van der Waals surface area (Å²) in [6, 6.07) is 4.19. The van der Waals surface area contributed by atoms with Crippen molar-refractivity contribution < 1.29 is 4.92 Å². The fourth-order valence-electron chi connectivity index (χ4n) is 1.62. The highest BCUT2D eigenvalue weighted by atomic mass is 35.5. The van der Waals surface area contributed by atoms with Crippen molar-refractivity contribution in [3.63, 3.8) is 0 Å². The number of nitrogen functional groups attached to an aromatic ring is 1. The zero-order chi connectivity index (χ0) is 14.9. The van der Waals surface area contributed by atoms with E-state index in [-0.39, 0.29) is 28.1 Å². The molecule has 104 valence electrons. The molecule has 0 bridgehead atoms. The third-order valence-electron chi connectivity index (χ3n) is 2.61. The third kappa shape index (κ3) is 2.73. The number of nitro benzene ring substituents is 1. The molecule has 0 amide bonds. The smallest absolute Gasteiger partial charge is 0.278 e. The lowest BCUT2D eigenvalue weighted by atomic mass is 10.2. The van der Waals surface area contributed by atoms with Gasteiger partial charge in [-0.3, -0.25) is 19.5 Å². The van der Waals surface area contributed by atoms with Crippen molar-refractivity contribution in [1.82, 2.24) is 9.55 Å². The highest BCUT2D eigenvalue weighted by Gasteiger charge is 2.16. The number of nitrogens with zero attached hydrogens (tertiary/aromatic N) is 3. The first-order chi connectivity index (χ1) is 9.40. The van der Waals surface area contributed by atoms with Crippen molar-refractivity contribution in [3.8, 4) is 0 Å². The number of nitro groups is 1. The Morgan fingerprint density at radius 1 is 1.40 bits per heavy atom. The van der Waals surface area contributed by atoms with Gasteiger partial charge in [-0.15, -0.1) is 0 Å². The summed E-state index contributed by atoms with van der Waals surface area (Å²) in [6.07, 6.45) is 1.18. The molecule has 0 aliphatic rings. The molecule has 0 aliphatic carbocycles. The zero-order valence-corrected chi connectivity index (χ0v) is 11.4. The Morgan fingerprint density at radius 2 is 2.10 bits per heavy atom. The van der Waals surface area contributed by atoms with Crippen LogP contribution in [0.15, 0.2) is 29.3 Å². The van der Waals surface area contributed by atoms with Gasteiger partial charge in [0, 0.05) is 16.7 Å². The van der Waals surface area contributed by atoms with Crippen molar-refractivity contribution >= 4 is 34.6 Å². The second-order valence-electron chi connectivity index (χ2n) is 3.91. The highest BCUT2D eigenvalue weighted by molar-refractivity contribution is 6.31. The van der Waals surface area contributed by atoms with Crippen LogP contribution >= 0.6 is 23.2 Å². The van der Waals surface area contributed by atoms with E-state index in [0.29, 0.717) is 5.56 Å². The van der Waals surface area contributed by atoms with E-state index < -0.39 is 10.5 Å². The minimum absolute atomic E-state index is 0.0549. The minimum Gasteiger partial charge on any atom is -0.392 e. The first-order valence-electron chi connectivity index (χ1n) is 5.33. The average molecular weight is 315 g/mol. The van der Waals surface area contributed by atoms with Crippen molar-refractivity contribution in [1.29, 1.82) is 0 Å². The molecule has 0 saturated heterocycles. The summed E-state index contributed by atoms with van der Waals surface area (Å²) in [7, 11) is 0. The van der Waals surface area contributed by atoms with E-state index in [1.807, 2.05) is 0 Å². The Kier molecular flexibility index (Phi) is 3.91. The monoisotopic (exact) mass is 314 g/mol. The Morgan fingerprint density at radius 3 is 2.75 bits per heavy atom. The highest BCUT2D eigenvalue weighted by Crippen LogP contribution is 2.23. The average Bonchev–Trinajstić information content (AvgIpc) is 2.41. The van der Waals surface area contributed by atoms with Crippen molar-refractivity contribution in [2.75, 3.05) is 5.73 Å².